The molecule has 4 atom stereocenters. The Labute approximate surface area is 773 Å². The van der Waals surface area contributed by atoms with Crippen LogP contribution in [-0.4, -0.2) is 331 Å². The van der Waals surface area contributed by atoms with Gasteiger partial charge in [0.1, 0.15) is 47.4 Å². The number of carboxylic acids is 1. The van der Waals surface area contributed by atoms with Gasteiger partial charge in [-0.1, -0.05) is 0 Å². The maximum Gasteiger partial charge on any atom is 0.339 e. The normalized spacial score (nSPS) is 19.8. The molecule has 0 spiro atoms. The summed E-state index contributed by atoms with van der Waals surface area (Å²) >= 11 is 0. The molecular formula is C89H109B6N25O12. The molecule has 0 bridgehead atoms. The van der Waals surface area contributed by atoms with E-state index in [4.69, 9.17) is 50.6 Å². The van der Waals surface area contributed by atoms with Crippen LogP contribution in [-0.2, 0) is 54.9 Å². The molecule has 680 valence electrons. The number of aliphatic hydroxyl groups excluding tert-OH is 1. The van der Waals surface area contributed by atoms with Gasteiger partial charge >= 0.3 is 17.9 Å². The van der Waals surface area contributed by atoms with E-state index in [0.29, 0.717) is 29.9 Å². The van der Waals surface area contributed by atoms with Crippen molar-refractivity contribution in [1.29, 1.82) is 0 Å². The van der Waals surface area contributed by atoms with Gasteiger partial charge in [-0.15, -0.1) is 0 Å². The minimum absolute atomic E-state index is 0.0434. The number of carbonyl (C=O) groups excluding carboxylic acids is 7. The van der Waals surface area contributed by atoms with E-state index >= 15 is 0 Å². The van der Waals surface area contributed by atoms with Gasteiger partial charge in [0, 0.05) is 251 Å². The molecule has 43 heteroatoms. The number of fused-ring (bicyclic) bond motifs is 12. The zero-order valence-corrected chi connectivity index (χ0v) is 74.8. The number of nitrogens with one attached hydrogen (secondary N) is 6. The van der Waals surface area contributed by atoms with Gasteiger partial charge in [-0.3, -0.25) is 38.7 Å². The number of ether oxygens (including phenoxy) is 2. The standard InChI is InChI=1S/C23H28N6O3.C22H27N7O2.C21H24N6O3.C12H17N3O2.C11H13N3O2.B6/c1-2-32-23(31)17-5-6-20(24-14-17)28-10-8-27(9-11-28)15-16-12-18-21(25-13-16)29-7-3-4-19(29)22(30)26-18;1-23-21(30)16-4-5-19(24-13-16)28-9-7-27(8-10-28)14-15-11-17-20(25-12-15)29-6-2-3-18(29)22(31)26-17;28-20-17-2-1-5-27(17)19-16(24-20)10-14(11-23-19)13-25-6-8-26(9-7-25)18-4-3-15(12-22-18)21(29)30;1-2-17-12(16)10-3-4-11(14-9-10)15-7-5-13-6-8-15;15-6-7-4-8-10(12-5-7)14-3-1-2-9(14)11(16)13-8;1-5(2)6(3)4/h5-6,12-14,19H,2-4,7-11,15H2,1H3,(H,26,30);4-5,11-13,18H,2-3,6-10,14H2,1H3,(H,23,30)(H,26,31);3-4,10-12,17H,1-2,5-9,13H2,(H,24,28)(H,29,30);3-4,9,13H,2,5-8H2,1H3;4-5,9,15H,1-3,6H2,(H,13,16);/t19-;18-;17-;;9-;/m000.0./s1. The predicted molar refractivity (Wildman–Crippen MR) is 510 cm³/mol. The maximum atomic E-state index is 12.4. The number of pyridine rings is 8. The average molecular weight is 1790 g/mol. The Morgan fingerprint density at radius 3 is 0.955 bits per heavy atom. The lowest BCUT2D eigenvalue weighted by Gasteiger charge is -2.36. The summed E-state index contributed by atoms with van der Waals surface area (Å²) in [5, 5.41) is 35.9. The summed E-state index contributed by atoms with van der Waals surface area (Å²) in [6, 6.07) is 22.1. The van der Waals surface area contributed by atoms with E-state index in [-0.39, 0.29) is 77.8 Å². The molecule has 8 saturated heterocycles. The van der Waals surface area contributed by atoms with Gasteiger partial charge in [0.05, 0.1) is 64.8 Å². The molecule has 132 heavy (non-hydrogen) atoms. The van der Waals surface area contributed by atoms with Crippen LogP contribution in [0, 0.1) is 0 Å². The fourth-order valence-corrected chi connectivity index (χ4v) is 18.1. The van der Waals surface area contributed by atoms with Gasteiger partial charge in [0.25, 0.3) is 5.91 Å². The van der Waals surface area contributed by atoms with Crippen molar-refractivity contribution in [3.05, 3.63) is 167 Å². The van der Waals surface area contributed by atoms with Gasteiger partial charge < -0.3 is 90.8 Å². The van der Waals surface area contributed by atoms with Crippen molar-refractivity contribution >= 4 is 160 Å². The highest BCUT2D eigenvalue weighted by molar-refractivity contribution is 7.76. The van der Waals surface area contributed by atoms with Gasteiger partial charge in [-0.05, 0) is 160 Å². The largest absolute Gasteiger partial charge is 0.478 e. The average Bonchev–Trinajstić information content (AvgIpc) is 1.57. The third kappa shape index (κ3) is 23.0. The molecule has 0 aromatic carbocycles. The zero-order chi connectivity index (χ0) is 92.5. The minimum atomic E-state index is -0.964. The van der Waals surface area contributed by atoms with Crippen LogP contribution in [0.15, 0.2) is 122 Å². The number of nitrogens with zero attached hydrogens (tertiary/aromatic N) is 19. The first-order valence-electron chi connectivity index (χ1n) is 45.5. The number of carboxylic acid groups (broad SMARTS) is 1. The molecule has 8 aromatic heterocycles. The summed E-state index contributed by atoms with van der Waals surface area (Å²) in [6.07, 6.45) is 20.2. The number of anilines is 12. The molecule has 0 saturated carbocycles. The van der Waals surface area contributed by atoms with E-state index in [1.54, 1.807) is 76.0 Å². The van der Waals surface area contributed by atoms with Gasteiger partial charge in [-0.2, -0.15) is 0 Å². The first-order chi connectivity index (χ1) is 64.1. The predicted octanol–water partition coefficient (Wildman–Crippen LogP) is 3.27. The molecule has 8 radical (unpaired) electrons. The zero-order valence-electron chi connectivity index (χ0n) is 74.8. The highest BCUT2D eigenvalue weighted by Gasteiger charge is 2.42. The lowest BCUT2D eigenvalue weighted by molar-refractivity contribution is -0.118. The molecule has 8 aromatic rings. The van der Waals surface area contributed by atoms with Crippen molar-refractivity contribution in [3.8, 4) is 0 Å². The lowest BCUT2D eigenvalue weighted by atomic mass is 8.81. The number of aromatic carboxylic acids is 1. The minimum Gasteiger partial charge on any atom is -0.478 e. The Morgan fingerprint density at radius 1 is 0.394 bits per heavy atom. The summed E-state index contributed by atoms with van der Waals surface area (Å²) in [6.45, 7) is 24.5. The number of hydrogen-bond acceptors (Lipinski definition) is 31. The van der Waals surface area contributed by atoms with Crippen LogP contribution < -0.4 is 71.1 Å². The van der Waals surface area contributed by atoms with Crippen molar-refractivity contribution in [2.75, 3.05) is 212 Å². The third-order valence-electron chi connectivity index (χ3n) is 25.2. The first kappa shape index (κ1) is 94.2. The van der Waals surface area contributed by atoms with Gasteiger partial charge in [0.2, 0.25) is 23.6 Å². The Kier molecular flexibility index (Phi) is 31.5. The molecule has 0 unspecified atom stereocenters. The molecule has 12 aliphatic heterocycles. The highest BCUT2D eigenvalue weighted by Crippen LogP contribution is 2.40. The Bertz CT molecular complexity index is 5360. The van der Waals surface area contributed by atoms with Crippen LogP contribution in [0.4, 0.5) is 69.3 Å². The van der Waals surface area contributed by atoms with E-state index in [0.717, 1.165) is 293 Å². The van der Waals surface area contributed by atoms with E-state index in [1.165, 1.54) is 6.20 Å². The Balaban J connectivity index is 0.000000127. The SMILES string of the molecule is CCOC(=O)c1ccc(N2CCN(Cc3cnc4c(c3)NC(=O)[C@@H]3CCCN43)CC2)nc1.CCOC(=O)c1ccc(N2CCNCC2)nc1.CNC(=O)c1ccc(N2CCN(Cc3cnc4c(c3)NC(=O)[C@@H]3CCCN43)CC2)nc1.O=C(O)c1ccc(N2CCN(Cc3cnc4c(c3)NC(=O)[C@@H]3CCCN43)CC2)nc1.O=C1Nc2cc(CO)cnc2N2CCC[C@@H]12.[B]B([B])B([B])[B]. The van der Waals surface area contributed by atoms with Gasteiger partial charge in [0.15, 0.2) is 23.3 Å². The summed E-state index contributed by atoms with van der Waals surface area (Å²) in [5.74, 6) is 5.57. The second kappa shape index (κ2) is 44.2. The second-order valence-corrected chi connectivity index (χ2v) is 34.0. The summed E-state index contributed by atoms with van der Waals surface area (Å²) in [4.78, 5) is 155. The molecule has 20 heterocycles. The summed E-state index contributed by atoms with van der Waals surface area (Å²) in [7, 11) is 21.5. The van der Waals surface area contributed by atoms with Crippen molar-refractivity contribution < 1.29 is 58.0 Å². The van der Waals surface area contributed by atoms with Crippen LogP contribution in [0.25, 0.3) is 0 Å². The molecule has 37 nitrogen and oxygen atoms in total. The van der Waals surface area contributed by atoms with E-state index < -0.39 is 18.7 Å². The van der Waals surface area contributed by atoms with Gasteiger partial charge in [-0.25, -0.2) is 54.3 Å². The maximum absolute atomic E-state index is 12.4. The molecule has 8 N–H and O–H groups in total. The van der Waals surface area contributed by atoms with E-state index in [9.17, 15) is 38.4 Å². The van der Waals surface area contributed by atoms with Crippen molar-refractivity contribution in [3.63, 3.8) is 0 Å². The van der Waals surface area contributed by atoms with E-state index in [1.807, 2.05) is 48.9 Å². The smallest absolute Gasteiger partial charge is 0.339 e. The summed E-state index contributed by atoms with van der Waals surface area (Å²) < 4.78 is 9.93. The fraction of sp³-hybridized carbons (Fsp3) is 0.461. The molecule has 5 amide bonds. The number of amides is 5. The van der Waals surface area contributed by atoms with E-state index in [2.05, 4.69) is 138 Å². The highest BCUT2D eigenvalue weighted by atomic mass is 16.5. The number of rotatable bonds is 18. The van der Waals surface area contributed by atoms with Crippen LogP contribution in [0.1, 0.15) is 129 Å². The molecule has 8 fully saturated rings. The van der Waals surface area contributed by atoms with Crippen LogP contribution in [0.5, 0.6) is 0 Å². The monoisotopic (exact) mass is 1790 g/mol. The summed E-state index contributed by atoms with van der Waals surface area (Å²) in [5.41, 5.74) is 8.96. The number of esters is 2. The number of aliphatic hydroxyl groups is 1. The Hall–Kier alpha value is -12.5. The second-order valence-electron chi connectivity index (χ2n) is 34.0. The fourth-order valence-electron chi connectivity index (χ4n) is 18.1. The van der Waals surface area contributed by atoms with Crippen molar-refractivity contribution in [1.82, 2.24) is 65.2 Å². The number of aromatic nitrogens is 8. The lowest BCUT2D eigenvalue weighted by Crippen LogP contribution is -2.46. The Morgan fingerprint density at radius 2 is 0.682 bits per heavy atom. The van der Waals surface area contributed by atoms with Crippen molar-refractivity contribution in [2.24, 2.45) is 0 Å². The molecule has 12 aliphatic rings. The molecule has 20 rings (SSSR count). The molecule has 0 aliphatic carbocycles. The van der Waals surface area contributed by atoms with Crippen molar-refractivity contribution in [2.45, 2.75) is 116 Å². The van der Waals surface area contributed by atoms with Crippen LogP contribution in [0.3, 0.4) is 0 Å². The number of piperazine rings is 4. The third-order valence-corrected chi connectivity index (χ3v) is 25.2. The van der Waals surface area contributed by atoms with Crippen LogP contribution in [0.2, 0.25) is 0 Å². The van der Waals surface area contributed by atoms with Crippen LogP contribution >= 0.6 is 0 Å². The number of hydrogen-bond donors (Lipinski definition) is 8. The molecular weight excluding hydrogens is 1680 g/mol. The first-order valence-corrected chi connectivity index (χ1v) is 45.5. The topological polar surface area (TPSA) is 406 Å². The quantitative estimate of drug-likeness (QED) is 0.0451. The number of carbonyl (C=O) groups is 8.